The van der Waals surface area contributed by atoms with Gasteiger partial charge < -0.3 is 14.8 Å². The van der Waals surface area contributed by atoms with Gasteiger partial charge in [-0.1, -0.05) is 20.3 Å². The molecule has 3 nitrogen and oxygen atoms in total. The van der Waals surface area contributed by atoms with E-state index in [-0.39, 0.29) is 0 Å². The summed E-state index contributed by atoms with van der Waals surface area (Å²) < 4.78 is 12.7. The highest BCUT2D eigenvalue weighted by atomic mass is 79.9. The van der Waals surface area contributed by atoms with Crippen LogP contribution in [0.4, 0.5) is 0 Å². The summed E-state index contributed by atoms with van der Waals surface area (Å²) >= 11 is 3.64. The molecular formula is C17H26BrNO2. The molecular weight excluding hydrogens is 330 g/mol. The minimum Gasteiger partial charge on any atom is -0.493 e. The van der Waals surface area contributed by atoms with E-state index in [4.69, 9.17) is 9.47 Å². The second kappa shape index (κ2) is 8.04. The molecule has 0 unspecified atom stereocenters. The van der Waals surface area contributed by atoms with Crippen LogP contribution in [0.25, 0.3) is 0 Å². The fourth-order valence-corrected chi connectivity index (χ4v) is 3.24. The molecule has 1 saturated carbocycles. The smallest absolute Gasteiger partial charge is 0.175 e. The maximum Gasteiger partial charge on any atom is 0.175 e. The van der Waals surface area contributed by atoms with Crippen LogP contribution < -0.4 is 14.8 Å². The first kappa shape index (κ1) is 16.6. The van der Waals surface area contributed by atoms with Gasteiger partial charge >= 0.3 is 0 Å². The number of ether oxygens (including phenoxy) is 2. The third-order valence-electron chi connectivity index (χ3n) is 3.84. The van der Waals surface area contributed by atoms with Gasteiger partial charge in [-0.25, -0.2) is 0 Å². The summed E-state index contributed by atoms with van der Waals surface area (Å²) in [5.74, 6) is 1.66. The zero-order valence-corrected chi connectivity index (χ0v) is 14.8. The second-order valence-corrected chi connectivity index (χ2v) is 6.88. The van der Waals surface area contributed by atoms with Crippen LogP contribution in [-0.2, 0) is 6.54 Å². The molecule has 1 aromatic carbocycles. The molecule has 0 atom stereocenters. The predicted octanol–water partition coefficient (Wildman–Crippen LogP) is 4.67. The van der Waals surface area contributed by atoms with Crippen LogP contribution >= 0.6 is 15.9 Å². The Bertz CT molecular complexity index is 456. The van der Waals surface area contributed by atoms with E-state index in [1.165, 1.54) is 24.8 Å². The average molecular weight is 356 g/mol. The first-order chi connectivity index (χ1) is 10.1. The van der Waals surface area contributed by atoms with Crippen LogP contribution in [-0.4, -0.2) is 19.3 Å². The van der Waals surface area contributed by atoms with E-state index >= 15 is 0 Å². The van der Waals surface area contributed by atoms with E-state index in [1.807, 2.05) is 0 Å². The molecule has 0 aromatic heterocycles. The normalized spacial score (nSPS) is 16.2. The highest BCUT2D eigenvalue weighted by Gasteiger charge is 2.19. The van der Waals surface area contributed by atoms with Crippen molar-refractivity contribution in [3.8, 4) is 11.5 Å². The maximum absolute atomic E-state index is 6.20. The first-order valence-corrected chi connectivity index (χ1v) is 8.66. The number of rotatable bonds is 6. The molecule has 0 saturated heterocycles. The molecule has 2 rings (SSSR count). The molecule has 0 bridgehead atoms. The fourth-order valence-electron chi connectivity index (χ4n) is 2.66. The molecule has 0 aliphatic heterocycles. The summed E-state index contributed by atoms with van der Waals surface area (Å²) in [6.45, 7) is 5.12. The summed E-state index contributed by atoms with van der Waals surface area (Å²) in [7, 11) is 1.70. The Morgan fingerprint density at radius 2 is 1.95 bits per heavy atom. The molecule has 0 amide bonds. The zero-order valence-electron chi connectivity index (χ0n) is 13.2. The SMILES string of the molecule is COc1cc(CNC(C)C)cc(Br)c1OC1CCCCC1. The summed E-state index contributed by atoms with van der Waals surface area (Å²) in [5, 5.41) is 3.42. The Balaban J connectivity index is 2.12. The number of halogens is 1. The van der Waals surface area contributed by atoms with Gasteiger partial charge in [0.1, 0.15) is 0 Å². The van der Waals surface area contributed by atoms with Crippen molar-refractivity contribution in [2.24, 2.45) is 0 Å². The topological polar surface area (TPSA) is 30.5 Å². The fraction of sp³-hybridized carbons (Fsp3) is 0.647. The lowest BCUT2D eigenvalue weighted by atomic mass is 9.98. The van der Waals surface area contributed by atoms with Crippen molar-refractivity contribution in [1.82, 2.24) is 5.32 Å². The van der Waals surface area contributed by atoms with Crippen molar-refractivity contribution < 1.29 is 9.47 Å². The third kappa shape index (κ3) is 4.89. The van der Waals surface area contributed by atoms with Crippen LogP contribution in [0, 0.1) is 0 Å². The second-order valence-electron chi connectivity index (χ2n) is 6.02. The lowest BCUT2D eigenvalue weighted by Gasteiger charge is -2.25. The lowest BCUT2D eigenvalue weighted by Crippen LogP contribution is -2.22. The van der Waals surface area contributed by atoms with Gasteiger partial charge in [0, 0.05) is 12.6 Å². The van der Waals surface area contributed by atoms with Crippen LogP contribution in [0.1, 0.15) is 51.5 Å². The Morgan fingerprint density at radius 3 is 2.57 bits per heavy atom. The molecule has 0 radical (unpaired) electrons. The molecule has 0 heterocycles. The number of hydrogen-bond acceptors (Lipinski definition) is 3. The van der Waals surface area contributed by atoms with Crippen molar-refractivity contribution in [3.63, 3.8) is 0 Å². The molecule has 118 valence electrons. The van der Waals surface area contributed by atoms with Gasteiger partial charge in [-0.2, -0.15) is 0 Å². The van der Waals surface area contributed by atoms with Crippen LogP contribution in [0.5, 0.6) is 11.5 Å². The largest absolute Gasteiger partial charge is 0.493 e. The first-order valence-electron chi connectivity index (χ1n) is 7.86. The van der Waals surface area contributed by atoms with E-state index in [0.29, 0.717) is 12.1 Å². The van der Waals surface area contributed by atoms with Gasteiger partial charge in [0.2, 0.25) is 0 Å². The van der Waals surface area contributed by atoms with Gasteiger partial charge in [-0.15, -0.1) is 0 Å². The van der Waals surface area contributed by atoms with E-state index in [2.05, 4.69) is 47.2 Å². The van der Waals surface area contributed by atoms with Crippen molar-refractivity contribution in [2.45, 2.75) is 64.6 Å². The number of methoxy groups -OCH3 is 1. The molecule has 1 aliphatic carbocycles. The van der Waals surface area contributed by atoms with Gasteiger partial charge in [0.25, 0.3) is 0 Å². The van der Waals surface area contributed by atoms with E-state index in [9.17, 15) is 0 Å². The van der Waals surface area contributed by atoms with Gasteiger partial charge in [-0.05, 0) is 59.3 Å². The highest BCUT2D eigenvalue weighted by molar-refractivity contribution is 9.10. The highest BCUT2D eigenvalue weighted by Crippen LogP contribution is 2.38. The lowest BCUT2D eigenvalue weighted by molar-refractivity contribution is 0.148. The Kier molecular flexibility index (Phi) is 6.37. The summed E-state index contributed by atoms with van der Waals surface area (Å²) in [5.41, 5.74) is 1.20. The average Bonchev–Trinajstić information content (AvgIpc) is 2.48. The maximum atomic E-state index is 6.20. The van der Waals surface area contributed by atoms with Crippen LogP contribution in [0.3, 0.4) is 0 Å². The van der Waals surface area contributed by atoms with E-state index < -0.39 is 0 Å². The van der Waals surface area contributed by atoms with Crippen molar-refractivity contribution >= 4 is 15.9 Å². The quantitative estimate of drug-likeness (QED) is 0.804. The monoisotopic (exact) mass is 355 g/mol. The Morgan fingerprint density at radius 1 is 1.24 bits per heavy atom. The number of nitrogens with one attached hydrogen (secondary N) is 1. The van der Waals surface area contributed by atoms with Crippen molar-refractivity contribution in [1.29, 1.82) is 0 Å². The van der Waals surface area contributed by atoms with E-state index in [1.54, 1.807) is 7.11 Å². The minimum atomic E-state index is 0.323. The number of hydrogen-bond donors (Lipinski definition) is 1. The standard InChI is InChI=1S/C17H26BrNO2/c1-12(2)19-11-13-9-15(18)17(16(10-13)20-3)21-14-7-5-4-6-8-14/h9-10,12,14,19H,4-8,11H2,1-3H3. The van der Waals surface area contributed by atoms with Gasteiger partial charge in [0.05, 0.1) is 17.7 Å². The van der Waals surface area contributed by atoms with E-state index in [0.717, 1.165) is 35.4 Å². The van der Waals surface area contributed by atoms with Gasteiger partial charge in [0.15, 0.2) is 11.5 Å². The van der Waals surface area contributed by atoms with Crippen LogP contribution in [0.2, 0.25) is 0 Å². The molecule has 0 spiro atoms. The molecule has 1 aliphatic rings. The summed E-state index contributed by atoms with van der Waals surface area (Å²) in [6, 6.07) is 4.65. The predicted molar refractivity (Wildman–Crippen MR) is 90.2 cm³/mol. The van der Waals surface area contributed by atoms with Gasteiger partial charge in [-0.3, -0.25) is 0 Å². The van der Waals surface area contributed by atoms with Crippen molar-refractivity contribution in [2.75, 3.05) is 7.11 Å². The summed E-state index contributed by atoms with van der Waals surface area (Å²) in [4.78, 5) is 0. The van der Waals surface area contributed by atoms with Crippen LogP contribution in [0.15, 0.2) is 16.6 Å². The zero-order chi connectivity index (χ0) is 15.2. The minimum absolute atomic E-state index is 0.323. The molecule has 1 N–H and O–H groups in total. The third-order valence-corrected chi connectivity index (χ3v) is 4.43. The Hall–Kier alpha value is -0.740. The number of benzene rings is 1. The molecule has 1 aromatic rings. The summed E-state index contributed by atoms with van der Waals surface area (Å²) in [6.07, 6.45) is 6.47. The van der Waals surface area contributed by atoms with Crippen molar-refractivity contribution in [3.05, 3.63) is 22.2 Å². The molecule has 4 heteroatoms. The Labute approximate surface area is 136 Å². The molecule has 1 fully saturated rings. The molecule has 21 heavy (non-hydrogen) atoms.